The van der Waals surface area contributed by atoms with E-state index in [1.807, 2.05) is 4.90 Å². The number of methoxy groups -OCH3 is 1. The molecule has 2 amide bonds. The Balaban J connectivity index is 1.52. The molecule has 7 nitrogen and oxygen atoms in total. The van der Waals surface area contributed by atoms with Crippen LogP contribution in [0.15, 0.2) is 18.2 Å². The number of aromatic hydroxyl groups is 1. The van der Waals surface area contributed by atoms with Gasteiger partial charge >= 0.3 is 6.03 Å². The summed E-state index contributed by atoms with van der Waals surface area (Å²) in [4.78, 5) is 16.8. The van der Waals surface area contributed by atoms with Crippen LogP contribution in [0.5, 0.6) is 11.5 Å². The predicted octanol–water partition coefficient (Wildman–Crippen LogP) is 1.39. The van der Waals surface area contributed by atoms with Gasteiger partial charge in [-0.2, -0.15) is 0 Å². The summed E-state index contributed by atoms with van der Waals surface area (Å²) in [6, 6.07) is 5.19. The number of nitrogens with zero attached hydrogens (tertiary/aromatic N) is 2. The number of ether oxygens (including phenoxy) is 1. The van der Waals surface area contributed by atoms with Crippen molar-refractivity contribution in [2.24, 2.45) is 5.92 Å². The summed E-state index contributed by atoms with van der Waals surface area (Å²) in [6.07, 6.45) is 3.32. The number of phenols is 1. The standard InChI is InChI=1S/C19H29N3O4/c1-26-18-10-15(4-5-17(18)24)11-20-19(25)22-8-7-21(12-14-2-3-14)16(13-22)6-9-23/h4-5,10,14,16,23-24H,2-3,6-9,11-13H2,1H3,(H,20,25). The Morgan fingerprint density at radius 1 is 1.35 bits per heavy atom. The number of rotatable bonds is 7. The first-order chi connectivity index (χ1) is 12.6. The van der Waals surface area contributed by atoms with Gasteiger partial charge in [0.1, 0.15) is 0 Å². The summed E-state index contributed by atoms with van der Waals surface area (Å²) in [5.74, 6) is 1.29. The van der Waals surface area contributed by atoms with Crippen LogP contribution in [0, 0.1) is 5.92 Å². The van der Waals surface area contributed by atoms with Crippen LogP contribution in [-0.4, -0.2) is 72.0 Å². The number of urea groups is 1. The Bertz CT molecular complexity index is 621. The van der Waals surface area contributed by atoms with Crippen LogP contribution >= 0.6 is 0 Å². The van der Waals surface area contributed by atoms with Gasteiger partial charge in [-0.3, -0.25) is 4.90 Å². The van der Waals surface area contributed by atoms with E-state index in [0.717, 1.165) is 24.6 Å². The number of phenolic OH excluding ortho intramolecular Hbond substituents is 1. The lowest BCUT2D eigenvalue weighted by molar-refractivity contribution is 0.0703. The number of carbonyl (C=O) groups excluding carboxylic acids is 1. The summed E-state index contributed by atoms with van der Waals surface area (Å²) < 4.78 is 5.10. The first-order valence-corrected chi connectivity index (χ1v) is 9.34. The van der Waals surface area contributed by atoms with Crippen molar-refractivity contribution < 1.29 is 19.7 Å². The molecule has 0 spiro atoms. The summed E-state index contributed by atoms with van der Waals surface area (Å²) >= 11 is 0. The van der Waals surface area contributed by atoms with Crippen LogP contribution in [0.4, 0.5) is 4.79 Å². The maximum atomic E-state index is 12.5. The lowest BCUT2D eigenvalue weighted by Gasteiger charge is -2.41. The minimum absolute atomic E-state index is 0.0845. The molecule has 0 aromatic heterocycles. The van der Waals surface area contributed by atoms with Crippen LogP contribution in [0.3, 0.4) is 0 Å². The molecule has 2 fully saturated rings. The lowest BCUT2D eigenvalue weighted by Crippen LogP contribution is -2.57. The number of aliphatic hydroxyl groups excluding tert-OH is 1. The zero-order chi connectivity index (χ0) is 18.5. The highest BCUT2D eigenvalue weighted by Crippen LogP contribution is 2.31. The van der Waals surface area contributed by atoms with Crippen molar-refractivity contribution in [2.45, 2.75) is 31.8 Å². The highest BCUT2D eigenvalue weighted by atomic mass is 16.5. The number of piperazine rings is 1. The van der Waals surface area contributed by atoms with Crippen molar-refractivity contribution in [3.05, 3.63) is 23.8 Å². The van der Waals surface area contributed by atoms with Gasteiger partial charge in [0.25, 0.3) is 0 Å². The Morgan fingerprint density at radius 3 is 2.85 bits per heavy atom. The Morgan fingerprint density at radius 2 is 2.15 bits per heavy atom. The molecule has 1 aromatic carbocycles. The van der Waals surface area contributed by atoms with Crippen molar-refractivity contribution >= 4 is 6.03 Å². The zero-order valence-electron chi connectivity index (χ0n) is 15.4. The molecule has 1 aliphatic heterocycles. The number of aliphatic hydroxyl groups is 1. The average molecular weight is 363 g/mol. The van der Waals surface area contributed by atoms with E-state index in [9.17, 15) is 15.0 Å². The highest BCUT2D eigenvalue weighted by molar-refractivity contribution is 5.74. The van der Waals surface area contributed by atoms with Gasteiger partial charge in [0.15, 0.2) is 11.5 Å². The molecule has 1 aliphatic carbocycles. The number of hydrogen-bond donors (Lipinski definition) is 3. The van der Waals surface area contributed by atoms with Crippen LogP contribution in [0.2, 0.25) is 0 Å². The van der Waals surface area contributed by atoms with Crippen molar-refractivity contribution in [3.63, 3.8) is 0 Å². The molecule has 7 heteroatoms. The maximum Gasteiger partial charge on any atom is 0.317 e. The largest absolute Gasteiger partial charge is 0.504 e. The molecule has 1 heterocycles. The Labute approximate surface area is 154 Å². The van der Waals surface area contributed by atoms with E-state index >= 15 is 0 Å². The van der Waals surface area contributed by atoms with E-state index in [2.05, 4.69) is 10.2 Å². The first-order valence-electron chi connectivity index (χ1n) is 9.34. The molecule has 1 saturated carbocycles. The van der Waals surface area contributed by atoms with Gasteiger partial charge in [-0.25, -0.2) is 4.79 Å². The van der Waals surface area contributed by atoms with E-state index in [-0.39, 0.29) is 24.4 Å². The summed E-state index contributed by atoms with van der Waals surface area (Å²) in [5.41, 5.74) is 0.868. The van der Waals surface area contributed by atoms with Crippen molar-refractivity contribution in [1.29, 1.82) is 0 Å². The zero-order valence-corrected chi connectivity index (χ0v) is 15.4. The van der Waals surface area contributed by atoms with Crippen molar-refractivity contribution in [1.82, 2.24) is 15.1 Å². The van der Waals surface area contributed by atoms with Crippen LogP contribution < -0.4 is 10.1 Å². The third-order valence-corrected chi connectivity index (χ3v) is 5.23. The normalized spacial score (nSPS) is 20.8. The minimum atomic E-state index is -0.0916. The Hall–Kier alpha value is -1.99. The topological polar surface area (TPSA) is 85.3 Å². The molecule has 1 atom stereocenters. The third kappa shape index (κ3) is 4.80. The first kappa shape index (κ1) is 18.8. The second-order valence-corrected chi connectivity index (χ2v) is 7.22. The van der Waals surface area contributed by atoms with E-state index in [4.69, 9.17) is 4.74 Å². The van der Waals surface area contributed by atoms with E-state index < -0.39 is 0 Å². The van der Waals surface area contributed by atoms with Gasteiger partial charge in [-0.15, -0.1) is 0 Å². The second kappa shape index (κ2) is 8.60. The minimum Gasteiger partial charge on any atom is -0.504 e. The van der Waals surface area contributed by atoms with Crippen LogP contribution in [-0.2, 0) is 6.54 Å². The molecule has 0 radical (unpaired) electrons. The van der Waals surface area contributed by atoms with Gasteiger partial charge in [0.05, 0.1) is 7.11 Å². The molecule has 26 heavy (non-hydrogen) atoms. The van der Waals surface area contributed by atoms with E-state index in [1.54, 1.807) is 18.2 Å². The highest BCUT2D eigenvalue weighted by Gasteiger charge is 2.33. The maximum absolute atomic E-state index is 12.5. The second-order valence-electron chi connectivity index (χ2n) is 7.22. The molecule has 3 rings (SSSR count). The Kier molecular flexibility index (Phi) is 6.21. The molecule has 1 unspecified atom stereocenters. The average Bonchev–Trinajstić information content (AvgIpc) is 3.46. The smallest absolute Gasteiger partial charge is 0.317 e. The van der Waals surface area contributed by atoms with Gasteiger partial charge in [0.2, 0.25) is 0 Å². The quantitative estimate of drug-likeness (QED) is 0.682. The molecule has 3 N–H and O–H groups in total. The van der Waals surface area contributed by atoms with Crippen LogP contribution in [0.1, 0.15) is 24.8 Å². The number of carbonyl (C=O) groups is 1. The summed E-state index contributed by atoms with van der Waals surface area (Å²) in [5, 5.41) is 21.9. The van der Waals surface area contributed by atoms with Crippen molar-refractivity contribution in [3.8, 4) is 11.5 Å². The summed E-state index contributed by atoms with van der Waals surface area (Å²) in [7, 11) is 1.50. The van der Waals surface area contributed by atoms with Gasteiger partial charge < -0.3 is 25.2 Å². The SMILES string of the molecule is COc1cc(CNC(=O)N2CCN(CC3CC3)C(CCO)C2)ccc1O. The summed E-state index contributed by atoms with van der Waals surface area (Å²) in [6.45, 7) is 3.84. The third-order valence-electron chi connectivity index (χ3n) is 5.23. The van der Waals surface area contributed by atoms with E-state index in [1.165, 1.54) is 20.0 Å². The molecular formula is C19H29N3O4. The van der Waals surface area contributed by atoms with Crippen molar-refractivity contribution in [2.75, 3.05) is 39.9 Å². The monoisotopic (exact) mass is 363 g/mol. The lowest BCUT2D eigenvalue weighted by atomic mass is 10.1. The van der Waals surface area contributed by atoms with Crippen LogP contribution in [0.25, 0.3) is 0 Å². The van der Waals surface area contributed by atoms with Gasteiger partial charge in [-0.1, -0.05) is 6.07 Å². The number of benzene rings is 1. The number of nitrogens with one attached hydrogen (secondary N) is 1. The molecule has 2 aliphatic rings. The fourth-order valence-corrected chi connectivity index (χ4v) is 3.49. The number of amides is 2. The molecule has 1 aromatic rings. The number of hydrogen-bond acceptors (Lipinski definition) is 5. The molecular weight excluding hydrogens is 334 g/mol. The molecule has 1 saturated heterocycles. The predicted molar refractivity (Wildman–Crippen MR) is 98.3 cm³/mol. The van der Waals surface area contributed by atoms with Gasteiger partial charge in [0, 0.05) is 45.4 Å². The molecule has 0 bridgehead atoms. The van der Waals surface area contributed by atoms with Gasteiger partial charge in [-0.05, 0) is 42.9 Å². The fourth-order valence-electron chi connectivity index (χ4n) is 3.49. The fraction of sp³-hybridized carbons (Fsp3) is 0.632. The van der Waals surface area contributed by atoms with E-state index in [0.29, 0.717) is 31.8 Å². The molecule has 144 valence electrons.